The zero-order chi connectivity index (χ0) is 18.2. The van der Waals surface area contributed by atoms with Crippen molar-refractivity contribution >= 4 is 11.7 Å². The smallest absolute Gasteiger partial charge is 0.231 e. The molecule has 1 saturated heterocycles. The number of nitrogens with zero attached hydrogens (tertiary/aromatic N) is 4. The van der Waals surface area contributed by atoms with Gasteiger partial charge < -0.3 is 19.3 Å². The quantitative estimate of drug-likeness (QED) is 0.827. The van der Waals surface area contributed by atoms with Crippen molar-refractivity contribution in [2.45, 2.75) is 32.2 Å². The maximum atomic E-state index is 12.8. The Kier molecular flexibility index (Phi) is 4.07. The number of hydrogen-bond donors (Lipinski definition) is 0. The number of fused-ring (bicyclic) bond motifs is 2. The highest BCUT2D eigenvalue weighted by Gasteiger charge is 2.24. The highest BCUT2D eigenvalue weighted by atomic mass is 16.7. The third-order valence-corrected chi connectivity index (χ3v) is 5.50. The highest BCUT2D eigenvalue weighted by molar-refractivity contribution is 5.79. The van der Waals surface area contributed by atoms with Gasteiger partial charge in [0.1, 0.15) is 0 Å². The van der Waals surface area contributed by atoms with Crippen molar-refractivity contribution in [3.63, 3.8) is 0 Å². The molecule has 0 saturated carbocycles. The Labute approximate surface area is 157 Å². The van der Waals surface area contributed by atoms with Crippen LogP contribution in [-0.2, 0) is 24.2 Å². The molecule has 0 aliphatic carbocycles. The van der Waals surface area contributed by atoms with E-state index >= 15 is 0 Å². The molecule has 2 aromatic rings. The molecule has 3 aliphatic rings. The minimum Gasteiger partial charge on any atom is -0.454 e. The monoisotopic (exact) mass is 366 g/mol. The van der Waals surface area contributed by atoms with E-state index in [0.717, 1.165) is 53.6 Å². The number of benzene rings is 1. The lowest BCUT2D eigenvalue weighted by molar-refractivity contribution is -0.131. The van der Waals surface area contributed by atoms with Gasteiger partial charge in [0.05, 0.1) is 12.1 Å². The lowest BCUT2D eigenvalue weighted by atomic mass is 10.0. The maximum absolute atomic E-state index is 12.8. The zero-order valence-corrected chi connectivity index (χ0v) is 15.2. The number of rotatable bonds is 3. The topological polar surface area (TPSA) is 67.8 Å². The summed E-state index contributed by atoms with van der Waals surface area (Å²) in [5.41, 5.74) is 3.09. The molecular formula is C20H22N4O3. The van der Waals surface area contributed by atoms with Crippen molar-refractivity contribution < 1.29 is 14.3 Å². The summed E-state index contributed by atoms with van der Waals surface area (Å²) in [5, 5.41) is 8.81. The number of ether oxygens (including phenoxy) is 2. The van der Waals surface area contributed by atoms with E-state index < -0.39 is 0 Å². The fourth-order valence-corrected chi connectivity index (χ4v) is 3.97. The summed E-state index contributed by atoms with van der Waals surface area (Å²) >= 11 is 0. The van der Waals surface area contributed by atoms with Crippen LogP contribution in [0.25, 0.3) is 0 Å². The van der Waals surface area contributed by atoms with Crippen LogP contribution in [0.3, 0.4) is 0 Å². The van der Waals surface area contributed by atoms with E-state index in [0.29, 0.717) is 19.5 Å². The Morgan fingerprint density at radius 1 is 1.04 bits per heavy atom. The molecule has 0 spiro atoms. The van der Waals surface area contributed by atoms with Gasteiger partial charge in [-0.1, -0.05) is 6.07 Å². The van der Waals surface area contributed by atoms with Gasteiger partial charge >= 0.3 is 0 Å². The highest BCUT2D eigenvalue weighted by Crippen LogP contribution is 2.33. The first-order valence-electron chi connectivity index (χ1n) is 9.53. The Balaban J connectivity index is 1.29. The Morgan fingerprint density at radius 2 is 1.89 bits per heavy atom. The Hall–Kier alpha value is -2.83. The van der Waals surface area contributed by atoms with Crippen molar-refractivity contribution in [2.75, 3.05) is 31.3 Å². The molecule has 1 aromatic heterocycles. The molecule has 0 N–H and O–H groups in total. The van der Waals surface area contributed by atoms with Crippen LogP contribution in [0.5, 0.6) is 11.5 Å². The molecule has 7 nitrogen and oxygen atoms in total. The fourth-order valence-electron chi connectivity index (χ4n) is 3.97. The summed E-state index contributed by atoms with van der Waals surface area (Å²) in [6.45, 7) is 3.62. The zero-order valence-electron chi connectivity index (χ0n) is 15.2. The number of aromatic nitrogens is 2. The molecule has 3 aliphatic heterocycles. The van der Waals surface area contributed by atoms with Crippen LogP contribution in [0.4, 0.5) is 5.82 Å². The van der Waals surface area contributed by atoms with Crippen LogP contribution in [0.15, 0.2) is 24.3 Å². The third-order valence-electron chi connectivity index (χ3n) is 5.50. The number of carbonyl (C=O) groups excluding carboxylic acids is 1. The lowest BCUT2D eigenvalue weighted by Crippen LogP contribution is -2.37. The van der Waals surface area contributed by atoms with Crippen LogP contribution in [-0.4, -0.2) is 47.4 Å². The van der Waals surface area contributed by atoms with Gasteiger partial charge in [-0.05, 0) is 42.2 Å². The third kappa shape index (κ3) is 3.18. The van der Waals surface area contributed by atoms with Crippen molar-refractivity contribution in [2.24, 2.45) is 0 Å². The van der Waals surface area contributed by atoms with Gasteiger partial charge in [-0.15, -0.1) is 5.10 Å². The molecule has 0 unspecified atom stereocenters. The standard InChI is InChI=1S/C20H22N4O3/c25-20(10-14-3-4-17-18(9-14)27-13-26-17)24-8-5-16-15(12-24)11-19(22-21-16)23-6-1-2-7-23/h3-4,9,11H,1-2,5-8,10,12-13H2. The van der Waals surface area contributed by atoms with Gasteiger partial charge in [-0.25, -0.2) is 0 Å². The predicted octanol–water partition coefficient (Wildman–Crippen LogP) is 1.93. The van der Waals surface area contributed by atoms with Gasteiger partial charge in [0.25, 0.3) is 0 Å². The SMILES string of the molecule is O=C(Cc1ccc2c(c1)OCO2)N1CCc2nnc(N3CCCC3)cc2C1. The van der Waals surface area contributed by atoms with Crippen LogP contribution in [0.1, 0.15) is 29.7 Å². The fraction of sp³-hybridized carbons (Fsp3) is 0.450. The normalized spacial score (nSPS) is 17.9. The number of carbonyl (C=O) groups is 1. The van der Waals surface area contributed by atoms with Crippen LogP contribution in [0, 0.1) is 0 Å². The predicted molar refractivity (Wildman–Crippen MR) is 98.9 cm³/mol. The minimum absolute atomic E-state index is 0.124. The molecular weight excluding hydrogens is 344 g/mol. The van der Waals surface area contributed by atoms with E-state index in [9.17, 15) is 4.79 Å². The first-order valence-corrected chi connectivity index (χ1v) is 9.53. The Bertz CT molecular complexity index is 880. The summed E-state index contributed by atoms with van der Waals surface area (Å²) < 4.78 is 10.7. The number of hydrogen-bond acceptors (Lipinski definition) is 6. The lowest BCUT2D eigenvalue weighted by Gasteiger charge is -2.29. The van der Waals surface area contributed by atoms with Gasteiger partial charge in [0, 0.05) is 32.6 Å². The van der Waals surface area contributed by atoms with E-state index in [1.807, 2.05) is 23.1 Å². The second-order valence-corrected chi connectivity index (χ2v) is 7.30. The van der Waals surface area contributed by atoms with Crippen molar-refractivity contribution in [1.82, 2.24) is 15.1 Å². The molecule has 27 heavy (non-hydrogen) atoms. The average Bonchev–Trinajstić information content (AvgIpc) is 3.38. The van der Waals surface area contributed by atoms with E-state index in [2.05, 4.69) is 21.2 Å². The molecule has 0 bridgehead atoms. The summed E-state index contributed by atoms with van der Waals surface area (Å²) in [6.07, 6.45) is 3.54. The molecule has 0 radical (unpaired) electrons. The molecule has 1 amide bonds. The average molecular weight is 366 g/mol. The first-order chi connectivity index (χ1) is 13.3. The first kappa shape index (κ1) is 16.4. The minimum atomic E-state index is 0.124. The molecule has 7 heteroatoms. The molecule has 4 heterocycles. The van der Waals surface area contributed by atoms with Crippen LogP contribution in [0.2, 0.25) is 0 Å². The molecule has 140 valence electrons. The second kappa shape index (κ2) is 6.72. The summed E-state index contributed by atoms with van der Waals surface area (Å²) in [6, 6.07) is 7.82. The molecule has 0 atom stereocenters. The van der Waals surface area contributed by atoms with Crippen molar-refractivity contribution in [3.05, 3.63) is 41.1 Å². The van der Waals surface area contributed by atoms with Crippen LogP contribution >= 0.6 is 0 Å². The van der Waals surface area contributed by atoms with E-state index in [4.69, 9.17) is 9.47 Å². The van der Waals surface area contributed by atoms with E-state index in [1.165, 1.54) is 12.8 Å². The molecule has 1 fully saturated rings. The van der Waals surface area contributed by atoms with Crippen molar-refractivity contribution in [1.29, 1.82) is 0 Å². The van der Waals surface area contributed by atoms with E-state index in [1.54, 1.807) is 0 Å². The molecule has 5 rings (SSSR count). The second-order valence-electron chi connectivity index (χ2n) is 7.30. The summed E-state index contributed by atoms with van der Waals surface area (Å²) in [5.74, 6) is 2.52. The van der Waals surface area contributed by atoms with Gasteiger partial charge in [-0.3, -0.25) is 4.79 Å². The molecule has 1 aromatic carbocycles. The summed E-state index contributed by atoms with van der Waals surface area (Å²) in [4.78, 5) is 17.0. The maximum Gasteiger partial charge on any atom is 0.231 e. The van der Waals surface area contributed by atoms with E-state index in [-0.39, 0.29) is 12.7 Å². The van der Waals surface area contributed by atoms with Gasteiger partial charge in [-0.2, -0.15) is 5.10 Å². The largest absolute Gasteiger partial charge is 0.454 e. The van der Waals surface area contributed by atoms with Crippen molar-refractivity contribution in [3.8, 4) is 11.5 Å². The Morgan fingerprint density at radius 3 is 2.78 bits per heavy atom. The number of anilines is 1. The van der Waals surface area contributed by atoms with Gasteiger partial charge in [0.2, 0.25) is 12.7 Å². The summed E-state index contributed by atoms with van der Waals surface area (Å²) in [7, 11) is 0. The van der Waals surface area contributed by atoms with Crippen LogP contribution < -0.4 is 14.4 Å². The van der Waals surface area contributed by atoms with Gasteiger partial charge in [0.15, 0.2) is 17.3 Å². The number of amides is 1.